The lowest BCUT2D eigenvalue weighted by atomic mass is 10.1. The third-order valence-corrected chi connectivity index (χ3v) is 22.8. The summed E-state index contributed by atoms with van der Waals surface area (Å²) in [6.45, 7) is 33.6. The number of hydrogen-bond donors (Lipinski definition) is 1. The normalized spacial score (nSPS) is 23.8. The van der Waals surface area contributed by atoms with Gasteiger partial charge in [-0.2, -0.15) is 10.9 Å². The Balaban J connectivity index is 2.66. The van der Waals surface area contributed by atoms with Crippen LogP contribution in [0.25, 0.3) is 0 Å². The number of hydrogen-bond acceptors (Lipinski definition) is 8. The summed E-state index contributed by atoms with van der Waals surface area (Å²) in [6.07, 6.45) is -0.520. The molecule has 2 rings (SSSR count). The van der Waals surface area contributed by atoms with Crippen LogP contribution < -0.4 is 16.4 Å². The Kier molecular flexibility index (Phi) is 10.1. The number of ether oxygens (including phenoxy) is 1. The van der Waals surface area contributed by atoms with Crippen molar-refractivity contribution in [2.75, 3.05) is 6.61 Å². The Morgan fingerprint density at radius 3 is 1.72 bits per heavy atom. The zero-order valence-corrected chi connectivity index (χ0v) is 30.1. The minimum absolute atomic E-state index is 0.0318. The van der Waals surface area contributed by atoms with Crippen molar-refractivity contribution in [1.82, 2.24) is 9.55 Å². The van der Waals surface area contributed by atoms with Crippen LogP contribution in [0.4, 0.5) is 0 Å². The average Bonchev–Trinajstić information content (AvgIpc) is 3.05. The minimum Gasteiger partial charge on any atom is -0.414 e. The molecule has 1 aliphatic heterocycles. The van der Waals surface area contributed by atoms with Gasteiger partial charge in [0, 0.05) is 12.3 Å². The predicted molar refractivity (Wildman–Crippen MR) is 165 cm³/mol. The zero-order chi connectivity index (χ0) is 30.4. The summed E-state index contributed by atoms with van der Waals surface area (Å²) in [4.78, 5) is 21.8. The quantitative estimate of drug-likeness (QED) is 0.264. The molecule has 0 aliphatic carbocycles. The van der Waals surface area contributed by atoms with E-state index in [-0.39, 0.29) is 21.0 Å². The maximum Gasteiger partial charge on any atom is 0.353 e. The number of nitrogens with zero attached hydrogens (tertiary/aromatic N) is 2. The first kappa shape index (κ1) is 34.3. The standard InChI is InChI=1S/C27H55N3O6Si3/c1-25(2,3)37(10,11)32-18-19-21(35-38(12,13)26(4,5)6)22(36-39(14,15)27(7,8)9)23(33-19)30-17-16-20(34-28)29-24(30)31/h16-17,19,21-23H,18,28H2,1-15H3/t19-,21?,22?,23-/m1/s1. The molecule has 12 heteroatoms. The molecule has 0 bridgehead atoms. The molecule has 39 heavy (non-hydrogen) atoms. The van der Waals surface area contributed by atoms with Gasteiger partial charge in [-0.25, -0.2) is 4.79 Å². The van der Waals surface area contributed by atoms with Gasteiger partial charge in [-0.05, 0) is 54.4 Å². The van der Waals surface area contributed by atoms with Gasteiger partial charge >= 0.3 is 5.69 Å². The van der Waals surface area contributed by atoms with E-state index in [0.29, 0.717) is 6.61 Å². The molecule has 0 radical (unpaired) electrons. The van der Waals surface area contributed by atoms with Crippen LogP contribution in [-0.4, -0.2) is 59.4 Å². The van der Waals surface area contributed by atoms with Crippen molar-refractivity contribution in [3.63, 3.8) is 0 Å². The lowest BCUT2D eigenvalue weighted by Gasteiger charge is -2.44. The summed E-state index contributed by atoms with van der Waals surface area (Å²) in [5, 5.41) is -0.0536. The van der Waals surface area contributed by atoms with E-state index in [9.17, 15) is 4.79 Å². The largest absolute Gasteiger partial charge is 0.414 e. The molecule has 1 saturated heterocycles. The summed E-state index contributed by atoms with van der Waals surface area (Å²) in [5.74, 6) is 5.31. The van der Waals surface area contributed by atoms with Gasteiger partial charge in [0.25, 0.3) is 0 Å². The van der Waals surface area contributed by atoms with Crippen LogP contribution in [0, 0.1) is 0 Å². The van der Waals surface area contributed by atoms with E-state index in [0.717, 1.165) is 0 Å². The van der Waals surface area contributed by atoms with Crippen LogP contribution in [0.1, 0.15) is 68.5 Å². The molecule has 1 aromatic heterocycles. The fraction of sp³-hybridized carbons (Fsp3) is 0.852. The summed E-state index contributed by atoms with van der Waals surface area (Å²) in [7, 11) is -6.68. The van der Waals surface area contributed by atoms with Gasteiger partial charge in [-0.15, -0.1) is 0 Å². The summed E-state index contributed by atoms with van der Waals surface area (Å²) in [5.41, 5.74) is -0.524. The van der Waals surface area contributed by atoms with E-state index in [2.05, 4.69) is 107 Å². The summed E-state index contributed by atoms with van der Waals surface area (Å²) < 4.78 is 29.0. The van der Waals surface area contributed by atoms with Gasteiger partial charge in [0.15, 0.2) is 31.2 Å². The molecule has 0 amide bonds. The summed E-state index contributed by atoms with van der Waals surface area (Å²) >= 11 is 0. The second kappa shape index (κ2) is 11.4. The lowest BCUT2D eigenvalue weighted by Crippen LogP contribution is -2.54. The molecule has 226 valence electrons. The second-order valence-electron chi connectivity index (χ2n) is 15.4. The first-order valence-electron chi connectivity index (χ1n) is 14.0. The van der Waals surface area contributed by atoms with Crippen LogP contribution >= 0.6 is 0 Å². The molecule has 1 fully saturated rings. The highest BCUT2D eigenvalue weighted by atomic mass is 28.4. The van der Waals surface area contributed by atoms with Crippen molar-refractivity contribution in [3.8, 4) is 5.88 Å². The number of aromatic nitrogens is 2. The van der Waals surface area contributed by atoms with Gasteiger partial charge in [0.2, 0.25) is 5.88 Å². The lowest BCUT2D eigenvalue weighted by molar-refractivity contribution is -0.0511. The van der Waals surface area contributed by atoms with Crippen LogP contribution in [0.2, 0.25) is 54.4 Å². The number of nitrogens with two attached hydrogens (primary N) is 1. The topological polar surface area (TPSA) is 107 Å². The average molecular weight is 602 g/mol. The van der Waals surface area contributed by atoms with Crippen molar-refractivity contribution in [3.05, 3.63) is 22.7 Å². The van der Waals surface area contributed by atoms with Crippen LogP contribution in [0.15, 0.2) is 17.1 Å². The van der Waals surface area contributed by atoms with E-state index in [1.54, 1.807) is 12.3 Å². The molecular formula is C27H55N3O6Si3. The van der Waals surface area contributed by atoms with Crippen molar-refractivity contribution < 1.29 is 22.9 Å². The highest BCUT2D eigenvalue weighted by Gasteiger charge is 2.55. The summed E-state index contributed by atoms with van der Waals surface area (Å²) in [6, 6.07) is 1.55. The van der Waals surface area contributed by atoms with Gasteiger partial charge in [-0.1, -0.05) is 62.3 Å². The zero-order valence-electron chi connectivity index (χ0n) is 27.1. The molecule has 0 spiro atoms. The van der Waals surface area contributed by atoms with Crippen LogP contribution in [0.5, 0.6) is 5.88 Å². The molecule has 4 atom stereocenters. The van der Waals surface area contributed by atoms with Crippen LogP contribution in [0.3, 0.4) is 0 Å². The Labute approximate surface area is 239 Å². The molecule has 0 saturated carbocycles. The van der Waals surface area contributed by atoms with Crippen molar-refractivity contribution >= 4 is 25.0 Å². The third-order valence-electron chi connectivity index (χ3n) is 9.37. The van der Waals surface area contributed by atoms with Gasteiger partial charge in [0.1, 0.15) is 18.3 Å². The molecule has 2 unspecified atom stereocenters. The fourth-order valence-corrected chi connectivity index (χ4v) is 7.15. The first-order valence-corrected chi connectivity index (χ1v) is 22.7. The SMILES string of the molecule is CC(C)(C)[Si](C)(C)OC[C@H]1O[C@@H](n2ccc(ON)nc2=O)C(O[Si](C)(C)C(C)(C)C)C1O[Si](C)(C)C(C)(C)C. The van der Waals surface area contributed by atoms with E-state index < -0.39 is 55.2 Å². The molecule has 9 nitrogen and oxygen atoms in total. The maximum absolute atomic E-state index is 13.1. The molecule has 2 N–H and O–H groups in total. The first-order chi connectivity index (χ1) is 17.3. The Morgan fingerprint density at radius 1 is 0.846 bits per heavy atom. The van der Waals surface area contributed by atoms with E-state index in [1.165, 1.54) is 4.57 Å². The Morgan fingerprint density at radius 2 is 1.31 bits per heavy atom. The van der Waals surface area contributed by atoms with E-state index >= 15 is 0 Å². The third kappa shape index (κ3) is 7.70. The van der Waals surface area contributed by atoms with E-state index in [1.807, 2.05) is 0 Å². The fourth-order valence-electron chi connectivity index (χ4n) is 3.53. The highest BCUT2D eigenvalue weighted by Crippen LogP contribution is 2.46. The van der Waals surface area contributed by atoms with Crippen molar-refractivity contribution in [1.29, 1.82) is 0 Å². The molecule has 0 aromatic carbocycles. The monoisotopic (exact) mass is 601 g/mol. The predicted octanol–water partition coefficient (Wildman–Crippen LogP) is 6.20. The highest BCUT2D eigenvalue weighted by molar-refractivity contribution is 6.75. The van der Waals surface area contributed by atoms with Crippen LogP contribution in [-0.2, 0) is 18.0 Å². The Bertz CT molecular complexity index is 1040. The molecule has 1 aliphatic rings. The maximum atomic E-state index is 13.1. The smallest absolute Gasteiger partial charge is 0.353 e. The Hall–Kier alpha value is -0.869. The number of rotatable bonds is 9. The van der Waals surface area contributed by atoms with Gasteiger partial charge in [0.05, 0.1) is 6.61 Å². The van der Waals surface area contributed by atoms with Crippen molar-refractivity contribution in [2.45, 2.75) is 141 Å². The minimum atomic E-state index is -2.32. The second-order valence-corrected chi connectivity index (χ2v) is 29.7. The van der Waals surface area contributed by atoms with Crippen molar-refractivity contribution in [2.24, 2.45) is 5.90 Å². The molecule has 2 heterocycles. The van der Waals surface area contributed by atoms with E-state index in [4.69, 9.17) is 28.7 Å². The molecular weight excluding hydrogens is 547 g/mol. The van der Waals surface area contributed by atoms with Gasteiger partial charge < -0.3 is 22.9 Å². The molecule has 1 aromatic rings. The van der Waals surface area contributed by atoms with Gasteiger partial charge in [-0.3, -0.25) is 4.57 Å².